The van der Waals surface area contributed by atoms with Crippen LogP contribution in [0.5, 0.6) is 0 Å². The molecule has 4 nitrogen and oxygen atoms in total. The Morgan fingerprint density at radius 2 is 1.78 bits per heavy atom. The van der Waals surface area contributed by atoms with E-state index in [1.807, 2.05) is 60.0 Å². The number of fused-ring (bicyclic) bond motifs is 1. The molecule has 3 aromatic rings. The van der Waals surface area contributed by atoms with Crippen LogP contribution in [0.3, 0.4) is 0 Å². The number of benzene rings is 2. The molecule has 1 aliphatic rings. The number of para-hydroxylation sites is 2. The zero-order valence-electron chi connectivity index (χ0n) is 12.2. The van der Waals surface area contributed by atoms with Crippen LogP contribution in [0.25, 0.3) is 0 Å². The second-order valence-corrected chi connectivity index (χ2v) is 6.05. The summed E-state index contributed by atoms with van der Waals surface area (Å²) in [6.45, 7) is 0. The summed E-state index contributed by atoms with van der Waals surface area (Å²) >= 11 is 1.45. The average Bonchev–Trinajstić information content (AvgIpc) is 3.07. The minimum Gasteiger partial charge on any atom is -0.278 e. The third-order valence-electron chi connectivity index (χ3n) is 3.69. The van der Waals surface area contributed by atoms with Gasteiger partial charge in [0.2, 0.25) is 0 Å². The van der Waals surface area contributed by atoms with Gasteiger partial charge in [-0.05, 0) is 18.2 Å². The lowest BCUT2D eigenvalue weighted by Crippen LogP contribution is -2.30. The van der Waals surface area contributed by atoms with Crippen molar-refractivity contribution in [1.82, 2.24) is 4.98 Å². The molecule has 0 spiro atoms. The van der Waals surface area contributed by atoms with E-state index in [1.54, 1.807) is 17.3 Å². The largest absolute Gasteiger partial charge is 0.278 e. The molecule has 2 heterocycles. The van der Waals surface area contributed by atoms with Crippen LogP contribution in [0.2, 0.25) is 0 Å². The molecule has 0 fully saturated rings. The number of anilines is 2. The summed E-state index contributed by atoms with van der Waals surface area (Å²) in [4.78, 5) is 23.7. The SMILES string of the molecule is O=C1C(c2nccs2)N=Cc2ccccc2N1c1ccccc1. The van der Waals surface area contributed by atoms with Crippen LogP contribution in [-0.4, -0.2) is 17.1 Å². The van der Waals surface area contributed by atoms with Crippen LogP contribution < -0.4 is 4.90 Å². The number of aromatic nitrogens is 1. The van der Waals surface area contributed by atoms with Crippen molar-refractivity contribution in [3.05, 3.63) is 76.7 Å². The molecule has 0 radical (unpaired) electrons. The van der Waals surface area contributed by atoms with E-state index in [9.17, 15) is 4.79 Å². The lowest BCUT2D eigenvalue weighted by Gasteiger charge is -2.24. The fourth-order valence-corrected chi connectivity index (χ4v) is 3.32. The summed E-state index contributed by atoms with van der Waals surface area (Å²) in [6.07, 6.45) is 3.47. The number of benzodiazepines with no additional fused rings is 1. The summed E-state index contributed by atoms with van der Waals surface area (Å²) in [7, 11) is 0. The standard InChI is InChI=1S/C18H13N3OS/c22-18-16(17-19-10-11-23-17)20-12-13-6-4-5-9-15(13)21(18)14-7-2-1-3-8-14/h1-12,16H. The van der Waals surface area contributed by atoms with Gasteiger partial charge in [0, 0.05) is 29.0 Å². The monoisotopic (exact) mass is 319 g/mol. The number of hydrogen-bond donors (Lipinski definition) is 0. The third-order valence-corrected chi connectivity index (χ3v) is 4.52. The first-order chi connectivity index (χ1) is 11.3. The van der Waals surface area contributed by atoms with Crippen LogP contribution in [0.1, 0.15) is 16.6 Å². The van der Waals surface area contributed by atoms with E-state index in [4.69, 9.17) is 0 Å². The first-order valence-corrected chi connectivity index (χ1v) is 8.13. The highest BCUT2D eigenvalue weighted by atomic mass is 32.1. The predicted octanol–water partition coefficient (Wildman–Crippen LogP) is 3.98. The van der Waals surface area contributed by atoms with Gasteiger partial charge in [-0.3, -0.25) is 14.7 Å². The molecule has 1 atom stereocenters. The van der Waals surface area contributed by atoms with Crippen LogP contribution in [0, 0.1) is 0 Å². The van der Waals surface area contributed by atoms with Gasteiger partial charge in [-0.2, -0.15) is 0 Å². The zero-order chi connectivity index (χ0) is 15.6. The van der Waals surface area contributed by atoms with Crippen molar-refractivity contribution in [3.63, 3.8) is 0 Å². The molecule has 5 heteroatoms. The second-order valence-electron chi connectivity index (χ2n) is 5.12. The second kappa shape index (κ2) is 5.78. The van der Waals surface area contributed by atoms with Crippen molar-refractivity contribution < 1.29 is 4.79 Å². The maximum Gasteiger partial charge on any atom is 0.263 e. The quantitative estimate of drug-likeness (QED) is 0.717. The Morgan fingerprint density at radius 3 is 2.57 bits per heavy atom. The van der Waals surface area contributed by atoms with Crippen LogP contribution in [0.4, 0.5) is 11.4 Å². The number of amides is 1. The fraction of sp³-hybridized carbons (Fsp3) is 0.0556. The highest BCUT2D eigenvalue weighted by Gasteiger charge is 2.32. The van der Waals surface area contributed by atoms with Gasteiger partial charge in [0.15, 0.2) is 6.04 Å². The van der Waals surface area contributed by atoms with E-state index >= 15 is 0 Å². The summed E-state index contributed by atoms with van der Waals surface area (Å²) in [5.74, 6) is -0.0904. The molecule has 0 N–H and O–H groups in total. The first-order valence-electron chi connectivity index (χ1n) is 7.25. The van der Waals surface area contributed by atoms with Gasteiger partial charge in [-0.1, -0.05) is 36.4 Å². The molecule has 4 rings (SSSR count). The van der Waals surface area contributed by atoms with Gasteiger partial charge in [0.1, 0.15) is 5.01 Å². The Morgan fingerprint density at radius 1 is 1.00 bits per heavy atom. The summed E-state index contributed by atoms with van der Waals surface area (Å²) in [5.41, 5.74) is 2.59. The van der Waals surface area contributed by atoms with Crippen LogP contribution >= 0.6 is 11.3 Å². The lowest BCUT2D eigenvalue weighted by atomic mass is 10.1. The summed E-state index contributed by atoms with van der Waals surface area (Å²) < 4.78 is 0. The number of nitrogens with zero attached hydrogens (tertiary/aromatic N) is 3. The van der Waals surface area contributed by atoms with Crippen molar-refractivity contribution in [2.24, 2.45) is 4.99 Å². The van der Waals surface area contributed by atoms with Gasteiger partial charge in [-0.25, -0.2) is 4.98 Å². The maximum absolute atomic E-state index is 13.2. The van der Waals surface area contributed by atoms with Gasteiger partial charge in [-0.15, -0.1) is 11.3 Å². The van der Waals surface area contributed by atoms with Crippen molar-refractivity contribution in [1.29, 1.82) is 0 Å². The van der Waals surface area contributed by atoms with Gasteiger partial charge < -0.3 is 0 Å². The molecule has 0 aliphatic carbocycles. The Hall–Kier alpha value is -2.79. The molecule has 112 valence electrons. The van der Waals surface area contributed by atoms with E-state index in [-0.39, 0.29) is 5.91 Å². The third kappa shape index (κ3) is 2.45. The van der Waals surface area contributed by atoms with E-state index < -0.39 is 6.04 Å². The smallest absolute Gasteiger partial charge is 0.263 e. The van der Waals surface area contributed by atoms with Crippen LogP contribution in [-0.2, 0) is 4.79 Å². The fourth-order valence-electron chi connectivity index (χ4n) is 2.64. The van der Waals surface area contributed by atoms with Crippen LogP contribution in [0.15, 0.2) is 71.2 Å². The Balaban J connectivity index is 1.89. The number of thiazole rings is 1. The zero-order valence-corrected chi connectivity index (χ0v) is 13.0. The van der Waals surface area contributed by atoms with E-state index in [2.05, 4.69) is 9.98 Å². The topological polar surface area (TPSA) is 45.6 Å². The molecule has 0 saturated heterocycles. The molecular formula is C18H13N3OS. The highest BCUT2D eigenvalue weighted by molar-refractivity contribution is 7.09. The molecule has 1 aromatic heterocycles. The molecule has 0 bridgehead atoms. The Kier molecular flexibility index (Phi) is 3.48. The molecule has 1 unspecified atom stereocenters. The average molecular weight is 319 g/mol. The number of carbonyl (C=O) groups excluding carboxylic acids is 1. The van der Waals surface area contributed by atoms with E-state index in [0.717, 1.165) is 16.9 Å². The number of rotatable bonds is 2. The normalized spacial score (nSPS) is 17.0. The molecule has 0 saturated carbocycles. The van der Waals surface area contributed by atoms with Crippen molar-refractivity contribution in [3.8, 4) is 0 Å². The Labute approximate surface area is 137 Å². The minimum atomic E-state index is -0.609. The minimum absolute atomic E-state index is 0.0904. The van der Waals surface area contributed by atoms with E-state index in [1.165, 1.54) is 11.3 Å². The number of carbonyl (C=O) groups is 1. The molecule has 23 heavy (non-hydrogen) atoms. The van der Waals surface area contributed by atoms with Crippen molar-refractivity contribution in [2.45, 2.75) is 6.04 Å². The molecule has 2 aromatic carbocycles. The summed E-state index contributed by atoms with van der Waals surface area (Å²) in [6, 6.07) is 16.8. The molecule has 1 aliphatic heterocycles. The number of hydrogen-bond acceptors (Lipinski definition) is 4. The van der Waals surface area contributed by atoms with Gasteiger partial charge in [0.25, 0.3) is 5.91 Å². The number of aliphatic imine (C=N–C) groups is 1. The van der Waals surface area contributed by atoms with Crippen molar-refractivity contribution in [2.75, 3.05) is 4.90 Å². The van der Waals surface area contributed by atoms with Gasteiger partial charge >= 0.3 is 0 Å². The van der Waals surface area contributed by atoms with E-state index in [0.29, 0.717) is 5.01 Å². The lowest BCUT2D eigenvalue weighted by molar-refractivity contribution is -0.119. The molecule has 1 amide bonds. The molecular weight excluding hydrogens is 306 g/mol. The first kappa shape index (κ1) is 13.8. The maximum atomic E-state index is 13.2. The predicted molar refractivity (Wildman–Crippen MR) is 92.5 cm³/mol. The Bertz CT molecular complexity index is 859. The van der Waals surface area contributed by atoms with Crippen molar-refractivity contribution >= 4 is 34.8 Å². The highest BCUT2D eigenvalue weighted by Crippen LogP contribution is 2.35. The summed E-state index contributed by atoms with van der Waals surface area (Å²) in [5, 5.41) is 2.57. The van der Waals surface area contributed by atoms with Gasteiger partial charge in [0.05, 0.1) is 5.69 Å².